The maximum atomic E-state index is 12.9. The number of aromatic nitrogens is 2. The van der Waals surface area contributed by atoms with Crippen molar-refractivity contribution in [2.24, 2.45) is 0 Å². The highest BCUT2D eigenvalue weighted by Crippen LogP contribution is 2.15. The highest BCUT2D eigenvalue weighted by atomic mass is 79.9. The van der Waals surface area contributed by atoms with E-state index in [1.807, 2.05) is 47.4 Å². The summed E-state index contributed by atoms with van der Waals surface area (Å²) >= 11 is 3.48. The molecule has 4 nitrogen and oxygen atoms in total. The van der Waals surface area contributed by atoms with Crippen LogP contribution < -0.4 is 0 Å². The van der Waals surface area contributed by atoms with Crippen LogP contribution in [0.4, 0.5) is 0 Å². The summed E-state index contributed by atoms with van der Waals surface area (Å²) in [5, 5.41) is 0. The third kappa shape index (κ3) is 5.49. The van der Waals surface area contributed by atoms with Crippen LogP contribution in [-0.2, 0) is 24.3 Å². The zero-order valence-corrected chi connectivity index (χ0v) is 16.0. The van der Waals surface area contributed by atoms with Gasteiger partial charge in [-0.05, 0) is 53.4 Å². The normalized spacial score (nSPS) is 10.5. The Labute approximate surface area is 162 Å². The summed E-state index contributed by atoms with van der Waals surface area (Å²) in [7, 11) is 0. The highest BCUT2D eigenvalue weighted by molar-refractivity contribution is 9.10. The summed E-state index contributed by atoms with van der Waals surface area (Å²) < 4.78 is 1.03. The van der Waals surface area contributed by atoms with Crippen LogP contribution in [0.15, 0.2) is 77.8 Å². The molecule has 3 aromatic rings. The largest absolute Gasteiger partial charge is 0.334 e. The third-order valence-electron chi connectivity index (χ3n) is 4.09. The van der Waals surface area contributed by atoms with Gasteiger partial charge in [-0.25, -0.2) is 0 Å². The molecular weight excluding hydrogens is 390 g/mol. The monoisotopic (exact) mass is 409 g/mol. The Morgan fingerprint density at radius 2 is 1.65 bits per heavy atom. The minimum absolute atomic E-state index is 0.130. The second-order valence-electron chi connectivity index (χ2n) is 6.10. The maximum absolute atomic E-state index is 12.9. The predicted molar refractivity (Wildman–Crippen MR) is 105 cm³/mol. The molecule has 0 aliphatic carbocycles. The molecule has 0 aliphatic rings. The predicted octanol–water partition coefficient (Wildman–Crippen LogP) is 4.40. The second-order valence-corrected chi connectivity index (χ2v) is 7.01. The van der Waals surface area contributed by atoms with Crippen molar-refractivity contribution in [1.29, 1.82) is 0 Å². The molecule has 26 heavy (non-hydrogen) atoms. The van der Waals surface area contributed by atoms with E-state index in [0.717, 1.165) is 27.6 Å². The smallest absolute Gasteiger partial charge is 0.223 e. The maximum Gasteiger partial charge on any atom is 0.223 e. The van der Waals surface area contributed by atoms with Gasteiger partial charge in [0.1, 0.15) is 0 Å². The molecule has 0 unspecified atom stereocenters. The van der Waals surface area contributed by atoms with E-state index in [1.165, 1.54) is 0 Å². The minimum atomic E-state index is 0.130. The van der Waals surface area contributed by atoms with E-state index in [0.29, 0.717) is 19.5 Å². The van der Waals surface area contributed by atoms with Crippen molar-refractivity contribution in [3.8, 4) is 0 Å². The number of nitrogens with zero attached hydrogens (tertiary/aromatic N) is 3. The van der Waals surface area contributed by atoms with Gasteiger partial charge in [0.2, 0.25) is 5.91 Å². The van der Waals surface area contributed by atoms with Gasteiger partial charge >= 0.3 is 0 Å². The number of carbonyl (C=O) groups is 1. The van der Waals surface area contributed by atoms with E-state index < -0.39 is 0 Å². The molecule has 1 aromatic carbocycles. The van der Waals surface area contributed by atoms with Crippen molar-refractivity contribution in [3.05, 3.63) is 94.5 Å². The van der Waals surface area contributed by atoms with E-state index in [9.17, 15) is 4.79 Å². The number of carbonyl (C=O) groups excluding carboxylic acids is 1. The van der Waals surface area contributed by atoms with Gasteiger partial charge in [0.15, 0.2) is 0 Å². The highest BCUT2D eigenvalue weighted by Gasteiger charge is 2.15. The first-order chi connectivity index (χ1) is 12.7. The Morgan fingerprint density at radius 3 is 2.38 bits per heavy atom. The average Bonchev–Trinajstić information content (AvgIpc) is 2.67. The first-order valence-corrected chi connectivity index (χ1v) is 9.30. The lowest BCUT2D eigenvalue weighted by atomic mass is 10.1. The van der Waals surface area contributed by atoms with E-state index in [2.05, 4.69) is 32.0 Å². The molecule has 3 rings (SSSR count). The Balaban J connectivity index is 1.70. The van der Waals surface area contributed by atoms with Crippen molar-refractivity contribution in [3.63, 3.8) is 0 Å². The fourth-order valence-corrected chi connectivity index (χ4v) is 3.20. The Kier molecular flexibility index (Phi) is 6.50. The van der Waals surface area contributed by atoms with Gasteiger partial charge in [-0.2, -0.15) is 0 Å². The summed E-state index contributed by atoms with van der Waals surface area (Å²) in [5.74, 6) is 0.130. The first kappa shape index (κ1) is 18.3. The zero-order chi connectivity index (χ0) is 18.2. The summed E-state index contributed by atoms with van der Waals surface area (Å²) in [5.41, 5.74) is 3.25. The first-order valence-electron chi connectivity index (χ1n) is 8.51. The molecule has 132 valence electrons. The molecule has 5 heteroatoms. The molecule has 0 aliphatic heterocycles. The van der Waals surface area contributed by atoms with Gasteiger partial charge < -0.3 is 4.90 Å². The molecule has 0 N–H and O–H groups in total. The number of aryl methyl sites for hydroxylation is 1. The van der Waals surface area contributed by atoms with Gasteiger partial charge in [0, 0.05) is 48.8 Å². The van der Waals surface area contributed by atoms with E-state index in [1.54, 1.807) is 24.8 Å². The van der Waals surface area contributed by atoms with Crippen LogP contribution >= 0.6 is 15.9 Å². The summed E-state index contributed by atoms with van der Waals surface area (Å²) in [6.45, 7) is 1.11. The molecule has 2 aromatic heterocycles. The SMILES string of the molecule is O=C(CCc1cccc(Br)c1)N(Cc1ccncc1)Cc1cccnc1. The minimum Gasteiger partial charge on any atom is -0.334 e. The lowest BCUT2D eigenvalue weighted by Gasteiger charge is -2.23. The lowest BCUT2D eigenvalue weighted by Crippen LogP contribution is -2.30. The fourth-order valence-electron chi connectivity index (χ4n) is 2.75. The van der Waals surface area contributed by atoms with Crippen molar-refractivity contribution in [2.75, 3.05) is 0 Å². The molecule has 2 heterocycles. The molecule has 0 spiro atoms. The van der Waals surface area contributed by atoms with Gasteiger partial charge in [0.05, 0.1) is 0 Å². The quantitative estimate of drug-likeness (QED) is 0.580. The summed E-state index contributed by atoms with van der Waals surface area (Å²) in [6, 6.07) is 15.9. The van der Waals surface area contributed by atoms with Gasteiger partial charge in [0.25, 0.3) is 0 Å². The van der Waals surface area contributed by atoms with Crippen LogP contribution in [0.1, 0.15) is 23.1 Å². The van der Waals surface area contributed by atoms with Gasteiger partial charge in [-0.1, -0.05) is 34.1 Å². The molecule has 0 bridgehead atoms. The van der Waals surface area contributed by atoms with Gasteiger partial charge in [-0.15, -0.1) is 0 Å². The number of benzene rings is 1. The van der Waals surface area contributed by atoms with E-state index >= 15 is 0 Å². The van der Waals surface area contributed by atoms with Crippen LogP contribution in [-0.4, -0.2) is 20.8 Å². The zero-order valence-electron chi connectivity index (χ0n) is 14.4. The van der Waals surface area contributed by atoms with Crippen molar-refractivity contribution in [2.45, 2.75) is 25.9 Å². The van der Waals surface area contributed by atoms with E-state index in [-0.39, 0.29) is 5.91 Å². The van der Waals surface area contributed by atoms with Crippen LogP contribution in [0.2, 0.25) is 0 Å². The standard InChI is InChI=1S/C21H20BrN3O/c22-20-5-1-3-17(13-20)6-7-21(26)25(15-18-8-11-23-12-9-18)16-19-4-2-10-24-14-19/h1-5,8-14H,6-7,15-16H2. The number of hydrogen-bond donors (Lipinski definition) is 0. The van der Waals surface area contributed by atoms with Crippen molar-refractivity contribution >= 4 is 21.8 Å². The fraction of sp³-hybridized carbons (Fsp3) is 0.190. The second kappa shape index (κ2) is 9.25. The third-order valence-corrected chi connectivity index (χ3v) is 4.58. The Morgan fingerprint density at radius 1 is 0.885 bits per heavy atom. The molecule has 1 amide bonds. The summed E-state index contributed by atoms with van der Waals surface area (Å²) in [4.78, 5) is 23.0. The number of amides is 1. The van der Waals surface area contributed by atoms with Gasteiger partial charge in [-0.3, -0.25) is 14.8 Å². The molecule has 0 saturated heterocycles. The number of hydrogen-bond acceptors (Lipinski definition) is 3. The van der Waals surface area contributed by atoms with Crippen LogP contribution in [0.3, 0.4) is 0 Å². The molecule has 0 atom stereocenters. The Hall–Kier alpha value is -2.53. The van der Waals surface area contributed by atoms with Crippen molar-refractivity contribution < 1.29 is 4.79 Å². The average molecular weight is 410 g/mol. The Bertz CT molecular complexity index is 799. The van der Waals surface area contributed by atoms with Crippen LogP contribution in [0.25, 0.3) is 0 Å². The molecule has 0 radical (unpaired) electrons. The van der Waals surface area contributed by atoms with Crippen LogP contribution in [0, 0.1) is 0 Å². The lowest BCUT2D eigenvalue weighted by molar-refractivity contribution is -0.132. The van der Waals surface area contributed by atoms with Crippen LogP contribution in [0.5, 0.6) is 0 Å². The molecular formula is C21H20BrN3O. The number of rotatable bonds is 7. The number of halogens is 1. The topological polar surface area (TPSA) is 46.1 Å². The van der Waals surface area contributed by atoms with Crippen molar-refractivity contribution in [1.82, 2.24) is 14.9 Å². The van der Waals surface area contributed by atoms with E-state index in [4.69, 9.17) is 0 Å². The molecule has 0 saturated carbocycles. The summed E-state index contributed by atoms with van der Waals surface area (Å²) in [6.07, 6.45) is 8.25. The number of pyridine rings is 2. The molecule has 0 fully saturated rings.